The summed E-state index contributed by atoms with van der Waals surface area (Å²) in [4.78, 5) is 37.6. The number of ether oxygens (including phenoxy) is 3. The van der Waals surface area contributed by atoms with E-state index in [-0.39, 0.29) is 37.5 Å². The lowest BCUT2D eigenvalue weighted by molar-refractivity contribution is -0.167. The summed E-state index contributed by atoms with van der Waals surface area (Å²) in [5, 5.41) is 0. The van der Waals surface area contributed by atoms with Gasteiger partial charge in [0.25, 0.3) is 0 Å². The van der Waals surface area contributed by atoms with Gasteiger partial charge in [-0.05, 0) is 89.9 Å². The Bertz CT molecular complexity index is 1170. The van der Waals surface area contributed by atoms with Crippen LogP contribution in [0.4, 0.5) is 0 Å². The van der Waals surface area contributed by atoms with Crippen molar-refractivity contribution in [1.82, 2.24) is 0 Å². The highest BCUT2D eigenvalue weighted by Gasteiger charge is 2.19. The topological polar surface area (TPSA) is 78.9 Å². The minimum atomic E-state index is -0.805. The number of carbonyl (C=O) groups excluding carboxylic acids is 3. The van der Waals surface area contributed by atoms with Gasteiger partial charge >= 0.3 is 17.9 Å². The second-order valence-electron chi connectivity index (χ2n) is 15.6. The van der Waals surface area contributed by atoms with Crippen LogP contribution in [0.3, 0.4) is 0 Å². The van der Waals surface area contributed by atoms with Crippen molar-refractivity contribution in [2.45, 2.75) is 219 Å². The van der Waals surface area contributed by atoms with E-state index in [0.29, 0.717) is 19.3 Å². The van der Waals surface area contributed by atoms with E-state index in [9.17, 15) is 14.4 Å². The molecule has 0 amide bonds. The quantitative estimate of drug-likeness (QED) is 0.0264. The fourth-order valence-corrected chi connectivity index (χ4v) is 6.27. The zero-order valence-corrected chi connectivity index (χ0v) is 38.2. The molecule has 0 N–H and O–H groups in total. The molecule has 1 atom stereocenters. The van der Waals surface area contributed by atoms with Gasteiger partial charge in [-0.25, -0.2) is 0 Å². The molecule has 336 valence electrons. The highest BCUT2D eigenvalue weighted by atomic mass is 16.6. The Balaban J connectivity index is 4.36. The molecule has 0 saturated carbocycles. The number of unbranched alkanes of at least 4 members (excludes halogenated alkanes) is 17. The van der Waals surface area contributed by atoms with Crippen molar-refractivity contribution in [2.24, 2.45) is 0 Å². The van der Waals surface area contributed by atoms with Crippen LogP contribution in [-0.4, -0.2) is 37.2 Å². The molecule has 0 spiro atoms. The Morgan fingerprint density at radius 2 is 0.678 bits per heavy atom. The maximum Gasteiger partial charge on any atom is 0.306 e. The van der Waals surface area contributed by atoms with Gasteiger partial charge < -0.3 is 14.2 Å². The van der Waals surface area contributed by atoms with Crippen molar-refractivity contribution in [1.29, 1.82) is 0 Å². The van der Waals surface area contributed by atoms with Crippen molar-refractivity contribution in [3.63, 3.8) is 0 Å². The summed E-state index contributed by atoms with van der Waals surface area (Å²) in [6, 6.07) is 0. The minimum absolute atomic E-state index is 0.103. The molecule has 0 bridgehead atoms. The van der Waals surface area contributed by atoms with Crippen molar-refractivity contribution in [2.75, 3.05) is 13.2 Å². The molecule has 0 aromatic heterocycles. The van der Waals surface area contributed by atoms with E-state index in [1.54, 1.807) is 0 Å². The van der Waals surface area contributed by atoms with Gasteiger partial charge in [0, 0.05) is 19.3 Å². The van der Waals surface area contributed by atoms with E-state index in [4.69, 9.17) is 14.2 Å². The van der Waals surface area contributed by atoms with Crippen LogP contribution in [0, 0.1) is 0 Å². The first-order chi connectivity index (χ1) is 29.0. The third-order valence-electron chi connectivity index (χ3n) is 9.88. The van der Waals surface area contributed by atoms with Gasteiger partial charge in [0.2, 0.25) is 0 Å². The van der Waals surface area contributed by atoms with Crippen molar-refractivity contribution in [3.05, 3.63) is 85.1 Å². The lowest BCUT2D eigenvalue weighted by Crippen LogP contribution is -2.30. The number of hydrogen-bond acceptors (Lipinski definition) is 6. The van der Waals surface area contributed by atoms with Gasteiger partial charge in [0.1, 0.15) is 13.2 Å². The molecule has 0 aliphatic carbocycles. The van der Waals surface area contributed by atoms with Crippen LogP contribution < -0.4 is 0 Å². The van der Waals surface area contributed by atoms with Gasteiger partial charge in [0.15, 0.2) is 6.10 Å². The molecule has 59 heavy (non-hydrogen) atoms. The predicted octanol–water partition coefficient (Wildman–Crippen LogP) is 15.6. The van der Waals surface area contributed by atoms with Crippen LogP contribution in [0.5, 0.6) is 0 Å². The van der Waals surface area contributed by atoms with Gasteiger partial charge in [-0.2, -0.15) is 0 Å². The van der Waals surface area contributed by atoms with Gasteiger partial charge in [-0.3, -0.25) is 14.4 Å². The van der Waals surface area contributed by atoms with E-state index >= 15 is 0 Å². The number of esters is 3. The third kappa shape index (κ3) is 45.5. The molecule has 0 heterocycles. The number of carbonyl (C=O) groups is 3. The Morgan fingerprint density at radius 3 is 1.10 bits per heavy atom. The zero-order valence-electron chi connectivity index (χ0n) is 38.2. The molecule has 0 aromatic rings. The lowest BCUT2D eigenvalue weighted by atomic mass is 10.1. The van der Waals surface area contributed by atoms with E-state index in [2.05, 4.69) is 106 Å². The monoisotopic (exact) mass is 821 g/mol. The summed E-state index contributed by atoms with van der Waals surface area (Å²) < 4.78 is 16.6. The zero-order chi connectivity index (χ0) is 43.0. The minimum Gasteiger partial charge on any atom is -0.462 e. The molecular weight excluding hydrogens is 733 g/mol. The van der Waals surface area contributed by atoms with E-state index in [1.165, 1.54) is 77.0 Å². The van der Waals surface area contributed by atoms with E-state index < -0.39 is 6.10 Å². The van der Waals surface area contributed by atoms with Gasteiger partial charge in [-0.15, -0.1) is 0 Å². The first-order valence-corrected chi connectivity index (χ1v) is 24.1. The molecular formula is C53H88O6. The van der Waals surface area contributed by atoms with Crippen LogP contribution in [0.15, 0.2) is 85.1 Å². The smallest absolute Gasteiger partial charge is 0.306 e. The van der Waals surface area contributed by atoms with E-state index in [1.807, 2.05) is 0 Å². The average molecular weight is 821 g/mol. The van der Waals surface area contributed by atoms with Crippen LogP contribution in [0.25, 0.3) is 0 Å². The Morgan fingerprint density at radius 1 is 0.356 bits per heavy atom. The average Bonchev–Trinajstić information content (AvgIpc) is 3.23. The predicted molar refractivity (Wildman–Crippen MR) is 251 cm³/mol. The summed E-state index contributed by atoms with van der Waals surface area (Å²) in [5.41, 5.74) is 0. The van der Waals surface area contributed by atoms with E-state index in [0.717, 1.165) is 89.9 Å². The van der Waals surface area contributed by atoms with Crippen LogP contribution in [-0.2, 0) is 28.6 Å². The molecule has 0 rings (SSSR count). The molecule has 0 aliphatic heterocycles. The summed E-state index contributed by atoms with van der Waals surface area (Å²) in [6.07, 6.45) is 60.2. The fourth-order valence-electron chi connectivity index (χ4n) is 6.27. The molecule has 6 heteroatoms. The Hall–Kier alpha value is -3.41. The standard InChI is InChI=1S/C53H88O6/c1-4-7-10-13-16-18-20-22-24-26-28-29-31-33-35-37-40-43-46-52(55)58-49-50(48-57-51(54)45-42-39-15-12-9-6-3)59-53(56)47-44-41-38-36-34-32-30-27-25-23-21-19-17-14-11-8-5-2/h8,11,17-20,23-26,30,32,36,38,50H,4-7,9-10,12-16,21-22,27-29,31,33-35,37,39-49H2,1-3H3/b11-8-,19-17-,20-18-,25-23-,26-24-,32-30-,38-36-. The number of allylic oxidation sites excluding steroid dienone is 14. The Kier molecular flexibility index (Phi) is 44.5. The largest absolute Gasteiger partial charge is 0.462 e. The number of hydrogen-bond donors (Lipinski definition) is 0. The maximum absolute atomic E-state index is 12.7. The highest BCUT2D eigenvalue weighted by Crippen LogP contribution is 2.13. The van der Waals surface area contributed by atoms with Crippen molar-refractivity contribution < 1.29 is 28.6 Å². The molecule has 0 radical (unpaired) electrons. The summed E-state index contributed by atoms with van der Waals surface area (Å²) in [7, 11) is 0. The Labute approximate surface area is 363 Å². The van der Waals surface area contributed by atoms with Crippen LogP contribution in [0.1, 0.15) is 213 Å². The molecule has 0 saturated heterocycles. The molecule has 6 nitrogen and oxygen atoms in total. The van der Waals surface area contributed by atoms with Gasteiger partial charge in [0.05, 0.1) is 0 Å². The lowest BCUT2D eigenvalue weighted by Gasteiger charge is -2.18. The third-order valence-corrected chi connectivity index (χ3v) is 9.88. The molecule has 0 aliphatic rings. The maximum atomic E-state index is 12.7. The van der Waals surface area contributed by atoms with Gasteiger partial charge in [-0.1, -0.05) is 189 Å². The van der Waals surface area contributed by atoms with Crippen molar-refractivity contribution >= 4 is 17.9 Å². The normalized spacial score (nSPS) is 12.8. The SMILES string of the molecule is CC/C=C\C/C=C\C/C=C\C/C=C\C/C=C\CCCC(=O)OC(COC(=O)CCCCCCCC)COC(=O)CCCCCCCCC/C=C\C/C=C\CCCCCC. The van der Waals surface area contributed by atoms with Crippen LogP contribution >= 0.6 is 0 Å². The second-order valence-corrected chi connectivity index (χ2v) is 15.6. The fraction of sp³-hybridized carbons (Fsp3) is 0.679. The molecule has 1 unspecified atom stereocenters. The first kappa shape index (κ1) is 55.6. The van der Waals surface area contributed by atoms with Crippen molar-refractivity contribution in [3.8, 4) is 0 Å². The molecule has 0 aromatic carbocycles. The second kappa shape index (κ2) is 47.3. The highest BCUT2D eigenvalue weighted by molar-refractivity contribution is 5.71. The summed E-state index contributed by atoms with van der Waals surface area (Å²) in [6.45, 7) is 6.38. The summed E-state index contributed by atoms with van der Waals surface area (Å²) >= 11 is 0. The summed E-state index contributed by atoms with van der Waals surface area (Å²) in [5.74, 6) is -0.984. The number of rotatable bonds is 42. The molecule has 0 fully saturated rings. The first-order valence-electron chi connectivity index (χ1n) is 24.1. The van der Waals surface area contributed by atoms with Crippen LogP contribution in [0.2, 0.25) is 0 Å².